The lowest BCUT2D eigenvalue weighted by Gasteiger charge is -2.64. The highest BCUT2D eigenvalue weighted by Crippen LogP contribution is 2.65. The number of carbonyl (C=O) groups excluding carboxylic acids is 2. The van der Waals surface area contributed by atoms with Crippen molar-refractivity contribution in [1.29, 1.82) is 0 Å². The average molecular weight is 547 g/mol. The molecule has 0 aromatic heterocycles. The maximum atomic E-state index is 13.2. The van der Waals surface area contributed by atoms with E-state index >= 15 is 0 Å². The summed E-state index contributed by atoms with van der Waals surface area (Å²) in [5.41, 5.74) is 1.14. The van der Waals surface area contributed by atoms with Crippen molar-refractivity contribution in [3.8, 4) is 0 Å². The highest BCUT2D eigenvalue weighted by Gasteiger charge is 2.68. The third-order valence-electron chi connectivity index (χ3n) is 9.88. The lowest BCUT2D eigenvalue weighted by molar-refractivity contribution is -0.199. The van der Waals surface area contributed by atoms with Crippen LogP contribution in [0.3, 0.4) is 0 Å². The largest absolute Gasteiger partial charge is 0.482 e. The molecular weight excluding hydrogens is 503 g/mol. The van der Waals surface area contributed by atoms with E-state index in [-0.39, 0.29) is 52.7 Å². The van der Waals surface area contributed by atoms with Gasteiger partial charge in [0.05, 0.1) is 24.2 Å². The van der Waals surface area contributed by atoms with Gasteiger partial charge in [0, 0.05) is 19.1 Å². The van der Waals surface area contributed by atoms with E-state index in [9.17, 15) is 9.59 Å². The summed E-state index contributed by atoms with van der Waals surface area (Å²) in [5, 5.41) is 6.15. The number of hydrogen-bond acceptors (Lipinski definition) is 4. The summed E-state index contributed by atoms with van der Waals surface area (Å²) >= 11 is 0. The van der Waals surface area contributed by atoms with E-state index in [0.29, 0.717) is 31.3 Å². The van der Waals surface area contributed by atoms with Gasteiger partial charge in [-0.15, -0.1) is 0 Å². The second kappa shape index (κ2) is 11.2. The number of benzene rings is 1. The van der Waals surface area contributed by atoms with Crippen LogP contribution in [0.25, 0.3) is 4.85 Å². The summed E-state index contributed by atoms with van der Waals surface area (Å²) in [5.74, 6) is 0.588. The minimum absolute atomic E-state index is 0.0333. The number of carbonyl (C=O) groups is 2. The molecule has 2 bridgehead atoms. The van der Waals surface area contributed by atoms with E-state index in [1.165, 1.54) is 6.42 Å². The van der Waals surface area contributed by atoms with Crippen molar-refractivity contribution < 1.29 is 18.9 Å². The van der Waals surface area contributed by atoms with E-state index in [1.54, 1.807) is 11.0 Å². The number of rotatable bonds is 8. The van der Waals surface area contributed by atoms with Gasteiger partial charge in [0.2, 0.25) is 5.70 Å². The second-order valence-electron chi connectivity index (χ2n) is 13.2. The van der Waals surface area contributed by atoms with Gasteiger partial charge in [0.25, 0.3) is 5.91 Å². The lowest BCUT2D eigenvalue weighted by atomic mass is 9.43. The molecule has 0 unspecified atom stereocenters. The number of likely N-dealkylation sites (tertiary alicyclic amines) is 1. The quantitative estimate of drug-likeness (QED) is 0.283. The highest BCUT2D eigenvalue weighted by molar-refractivity contribution is 6.48. The SMILES string of the molecule is [C-]#[N+]C(=CC(C)C)C(=O)N1CCC[C@@H]1CNC(=O)N[C@@H](Cc1ccccc1)B1O[C@@H]2C[C@@H]3C[C@@H](C3(C)C)[C@]2(C)O1. The van der Waals surface area contributed by atoms with Crippen LogP contribution < -0.4 is 10.6 Å². The normalized spacial score (nSPS) is 31.3. The Morgan fingerprint density at radius 3 is 2.65 bits per heavy atom. The highest BCUT2D eigenvalue weighted by atomic mass is 16.7. The molecule has 5 aliphatic rings. The van der Waals surface area contributed by atoms with E-state index < -0.39 is 7.12 Å². The molecule has 2 N–H and O–H groups in total. The topological polar surface area (TPSA) is 84.3 Å². The second-order valence-corrected chi connectivity index (χ2v) is 13.2. The van der Waals surface area contributed by atoms with Crippen molar-refractivity contribution in [2.24, 2.45) is 23.2 Å². The van der Waals surface area contributed by atoms with Crippen molar-refractivity contribution in [2.75, 3.05) is 13.1 Å². The van der Waals surface area contributed by atoms with Gasteiger partial charge < -0.3 is 24.8 Å². The summed E-state index contributed by atoms with van der Waals surface area (Å²) < 4.78 is 13.3. The maximum absolute atomic E-state index is 13.2. The fourth-order valence-electron chi connectivity index (χ4n) is 7.52. The fourth-order valence-corrected chi connectivity index (χ4v) is 7.52. The molecule has 3 amide bonds. The number of nitrogens with one attached hydrogen (secondary N) is 2. The zero-order valence-electron chi connectivity index (χ0n) is 24.5. The van der Waals surface area contributed by atoms with Crippen LogP contribution in [0, 0.1) is 29.7 Å². The van der Waals surface area contributed by atoms with Crippen molar-refractivity contribution in [2.45, 2.75) is 90.4 Å². The number of hydrogen-bond donors (Lipinski definition) is 2. The zero-order valence-corrected chi connectivity index (χ0v) is 24.5. The standard InChI is InChI=1S/C31H43BN4O4/c1-20(2)15-24(33-6)28(37)36-14-10-13-23(36)19-34-29(38)35-27(16-21-11-8-7-9-12-21)32-39-26-18-22-17-25(30(22,3)4)31(26,5)40-32/h7-9,11-12,15,20,22-23,25-27H,10,13-14,16-19H2,1-5H3,(H2,34,35,38)/t22-,23+,25-,26+,27-,31-/m0/s1. The Kier molecular flexibility index (Phi) is 8.04. The van der Waals surface area contributed by atoms with Crippen LogP contribution in [-0.4, -0.2) is 60.7 Å². The number of nitrogens with zero attached hydrogens (tertiary/aromatic N) is 2. The molecule has 0 spiro atoms. The first kappa shape index (κ1) is 28.7. The first-order valence-corrected chi connectivity index (χ1v) is 14.8. The predicted octanol–water partition coefficient (Wildman–Crippen LogP) is 4.61. The minimum atomic E-state index is -0.539. The lowest BCUT2D eigenvalue weighted by Crippen LogP contribution is -2.65. The van der Waals surface area contributed by atoms with Crippen LogP contribution in [0.5, 0.6) is 0 Å². The Labute approximate surface area is 239 Å². The molecule has 6 rings (SSSR count). The molecule has 9 heteroatoms. The molecule has 214 valence electrons. The van der Waals surface area contributed by atoms with Gasteiger partial charge in [-0.2, -0.15) is 0 Å². The molecule has 3 saturated carbocycles. The van der Waals surface area contributed by atoms with E-state index in [0.717, 1.165) is 24.8 Å². The Hall–Kier alpha value is -2.83. The smallest absolute Gasteiger partial charge is 0.404 e. The monoisotopic (exact) mass is 546 g/mol. The zero-order chi connectivity index (χ0) is 28.7. The van der Waals surface area contributed by atoms with Gasteiger partial charge in [-0.05, 0) is 67.8 Å². The van der Waals surface area contributed by atoms with Gasteiger partial charge in [0.1, 0.15) is 0 Å². The molecule has 2 saturated heterocycles. The number of allylic oxidation sites excluding steroid dienone is 1. The van der Waals surface area contributed by atoms with Gasteiger partial charge in [-0.25, -0.2) is 9.64 Å². The van der Waals surface area contributed by atoms with Crippen LogP contribution in [0.1, 0.15) is 65.9 Å². The molecule has 5 fully saturated rings. The van der Waals surface area contributed by atoms with E-state index in [2.05, 4.69) is 48.4 Å². The minimum Gasteiger partial charge on any atom is -0.404 e. The molecule has 3 aliphatic carbocycles. The molecule has 0 radical (unpaired) electrons. The van der Waals surface area contributed by atoms with Gasteiger partial charge in [-0.1, -0.05) is 64.1 Å². The van der Waals surface area contributed by atoms with Crippen molar-refractivity contribution in [3.05, 3.63) is 59.1 Å². The molecule has 1 aromatic rings. The van der Waals surface area contributed by atoms with Gasteiger partial charge in [0.15, 0.2) is 0 Å². The fraction of sp³-hybridized carbons (Fsp3) is 0.645. The first-order valence-electron chi connectivity index (χ1n) is 14.8. The Morgan fingerprint density at radius 2 is 1.98 bits per heavy atom. The Bertz CT molecular complexity index is 1180. The van der Waals surface area contributed by atoms with Crippen LogP contribution in [0.15, 0.2) is 42.1 Å². The van der Waals surface area contributed by atoms with Crippen molar-refractivity contribution in [1.82, 2.24) is 15.5 Å². The third-order valence-corrected chi connectivity index (χ3v) is 9.88. The predicted molar refractivity (Wildman–Crippen MR) is 155 cm³/mol. The van der Waals surface area contributed by atoms with Crippen LogP contribution in [0.4, 0.5) is 4.79 Å². The number of amides is 3. The molecule has 2 heterocycles. The Balaban J connectivity index is 1.24. The molecule has 40 heavy (non-hydrogen) atoms. The summed E-state index contributed by atoms with van der Waals surface area (Å²) in [6, 6.07) is 9.64. The molecule has 8 nitrogen and oxygen atoms in total. The summed E-state index contributed by atoms with van der Waals surface area (Å²) in [6.07, 6.45) is 6.14. The Morgan fingerprint density at radius 1 is 1.23 bits per heavy atom. The van der Waals surface area contributed by atoms with Crippen LogP contribution >= 0.6 is 0 Å². The molecule has 1 aromatic carbocycles. The molecular formula is C31H43BN4O4. The van der Waals surface area contributed by atoms with Gasteiger partial charge >= 0.3 is 13.1 Å². The van der Waals surface area contributed by atoms with Crippen LogP contribution in [-0.2, 0) is 20.5 Å². The summed E-state index contributed by atoms with van der Waals surface area (Å²) in [6.45, 7) is 19.2. The van der Waals surface area contributed by atoms with E-state index in [4.69, 9.17) is 15.9 Å². The van der Waals surface area contributed by atoms with Crippen molar-refractivity contribution in [3.63, 3.8) is 0 Å². The van der Waals surface area contributed by atoms with Gasteiger partial charge in [-0.3, -0.25) is 4.79 Å². The van der Waals surface area contributed by atoms with Crippen LogP contribution in [0.2, 0.25) is 0 Å². The van der Waals surface area contributed by atoms with Crippen molar-refractivity contribution >= 4 is 19.1 Å². The number of urea groups is 1. The maximum Gasteiger partial charge on any atom is 0.482 e. The third kappa shape index (κ3) is 5.41. The molecule has 6 atom stereocenters. The summed E-state index contributed by atoms with van der Waals surface area (Å²) in [4.78, 5) is 31.5. The summed E-state index contributed by atoms with van der Waals surface area (Å²) in [7, 11) is -0.539. The van der Waals surface area contributed by atoms with E-state index in [1.807, 2.05) is 32.0 Å². The first-order chi connectivity index (χ1) is 19.0. The average Bonchev–Trinajstić information content (AvgIpc) is 3.54. The molecule has 2 aliphatic heterocycles.